The summed E-state index contributed by atoms with van der Waals surface area (Å²) in [5.74, 6) is 0. The zero-order valence-corrected chi connectivity index (χ0v) is 64.2. The van der Waals surface area contributed by atoms with Gasteiger partial charge in [-0.1, -0.05) is 254 Å². The monoisotopic (exact) mass is 1490 g/mol. The molecular weight excluding hydrogens is 1400 g/mol. The first kappa shape index (κ1) is 56.5. The smallest absolute Gasteiger partial charge is 0.252 e. The van der Waals surface area contributed by atoms with Crippen LogP contribution < -0.4 is 26.2 Å². The van der Waals surface area contributed by atoms with Crippen LogP contribution in [-0.4, -0.2) is 20.4 Å². The number of para-hydroxylation sites is 4. The van der Waals surface area contributed by atoms with E-state index in [9.17, 15) is 20.3 Å². The van der Waals surface area contributed by atoms with Crippen LogP contribution in [0.1, 0.15) is 78.9 Å². The topological polar surface area (TPSA) is 45.1 Å². The lowest BCUT2D eigenvalue weighted by Gasteiger charge is -2.45. The highest BCUT2D eigenvalue weighted by Gasteiger charge is 2.45. The molecule has 0 N–H and O–H groups in total. The van der Waals surface area contributed by atoms with Crippen molar-refractivity contribution < 1.29 is 15.1 Å². The van der Waals surface area contributed by atoms with Crippen LogP contribution in [0.5, 0.6) is 0 Å². The van der Waals surface area contributed by atoms with E-state index in [1.165, 1.54) is 15.7 Å². The van der Waals surface area contributed by atoms with E-state index in [2.05, 4.69) is 267 Å². The third kappa shape index (κ3) is 10.3. The number of hydrogen-bond donors (Lipinski definition) is 0. The molecule has 0 radical (unpaired) electrons. The fraction of sp³-hybridized carbons (Fsp3) is 0.0849. The summed E-state index contributed by atoms with van der Waals surface area (Å²) in [6.45, 7) is 10.1. The van der Waals surface area contributed by atoms with Gasteiger partial charge in [0.05, 0.1) is 67.1 Å². The molecular formula is C106H77BN6S. The van der Waals surface area contributed by atoms with E-state index < -0.39 is 61.9 Å². The van der Waals surface area contributed by atoms with Gasteiger partial charge >= 0.3 is 0 Å². The molecule has 0 atom stereocenters. The van der Waals surface area contributed by atoms with Crippen molar-refractivity contribution >= 4 is 154 Å². The Balaban J connectivity index is 0.946. The first-order chi connectivity index (χ1) is 60.2. The van der Waals surface area contributed by atoms with E-state index in [0.717, 1.165) is 148 Å². The molecule has 0 amide bonds. The molecule has 6 heterocycles. The molecule has 2 aliphatic rings. The van der Waals surface area contributed by atoms with E-state index in [4.69, 9.17) is 0 Å². The molecule has 540 valence electrons. The Labute approximate surface area is 682 Å². The van der Waals surface area contributed by atoms with Crippen molar-refractivity contribution in [2.45, 2.75) is 59.2 Å². The number of aryl methyl sites for hydroxylation is 1. The third-order valence-electron chi connectivity index (χ3n) is 23.7. The molecule has 0 fully saturated rings. The lowest BCUT2D eigenvalue weighted by atomic mass is 9.33. The number of hydrogen-bond acceptors (Lipinski definition) is 4. The third-order valence-corrected chi connectivity index (χ3v) is 24.9. The van der Waals surface area contributed by atoms with Crippen molar-refractivity contribution in [1.29, 1.82) is 5.26 Å². The maximum Gasteiger partial charge on any atom is 0.252 e. The molecule has 0 saturated heterocycles. The first-order valence-corrected chi connectivity index (χ1v) is 39.5. The van der Waals surface area contributed by atoms with Gasteiger partial charge in [0.15, 0.2) is 0 Å². The van der Waals surface area contributed by atoms with Crippen molar-refractivity contribution in [3.63, 3.8) is 0 Å². The number of benzene rings is 16. The summed E-state index contributed by atoms with van der Waals surface area (Å²) < 4.78 is 115. The van der Waals surface area contributed by atoms with Gasteiger partial charge in [0.1, 0.15) is 0 Å². The summed E-state index contributed by atoms with van der Waals surface area (Å²) in [7, 11) is 0. The largest absolute Gasteiger partial charge is 0.311 e. The van der Waals surface area contributed by atoms with Crippen LogP contribution in [0.3, 0.4) is 0 Å². The number of nitriles is 1. The summed E-state index contributed by atoms with van der Waals surface area (Å²) >= 11 is 1.57. The van der Waals surface area contributed by atoms with Gasteiger partial charge in [-0.05, 0) is 206 Å². The van der Waals surface area contributed by atoms with Crippen LogP contribution in [0.2, 0.25) is 0 Å². The van der Waals surface area contributed by atoms with Gasteiger partial charge in [-0.3, -0.25) is 0 Å². The summed E-state index contributed by atoms with van der Waals surface area (Å²) in [6.07, 6.45) is 0. The van der Waals surface area contributed by atoms with Gasteiger partial charge in [0.2, 0.25) is 0 Å². The Kier molecular flexibility index (Phi) is 12.6. The van der Waals surface area contributed by atoms with Crippen LogP contribution in [0.25, 0.3) is 147 Å². The summed E-state index contributed by atoms with van der Waals surface area (Å²) in [6, 6.07) is 99.2. The average molecular weight is 1490 g/mol. The maximum atomic E-state index is 10.5. The zero-order chi connectivity index (χ0) is 86.0. The molecule has 22 rings (SSSR count). The van der Waals surface area contributed by atoms with E-state index in [1.807, 2.05) is 78.9 Å². The highest BCUT2D eigenvalue weighted by molar-refractivity contribution is 7.26. The van der Waals surface area contributed by atoms with Crippen molar-refractivity contribution in [2.24, 2.45) is 0 Å². The maximum absolute atomic E-state index is 10.5. The summed E-state index contributed by atoms with van der Waals surface area (Å²) in [5.41, 5.74) is 21.4. The number of fused-ring (bicyclic) bond motifs is 16. The van der Waals surface area contributed by atoms with E-state index in [0.29, 0.717) is 27.8 Å². The fourth-order valence-corrected chi connectivity index (χ4v) is 19.6. The van der Waals surface area contributed by atoms with Crippen LogP contribution in [0.15, 0.2) is 340 Å². The molecule has 0 spiro atoms. The standard InChI is InChI=1S/C106H77BN6S/c1-65-55-86(82-35-24-34-81-80-33-18-23-40-101(80)114-104(81)82)102(98(56-65)112-91-38-21-15-30-77(91)78-31-16-22-39-92(78)112)70-58-99-103-100(59-70)113(89-36-19-14-29-76(89)69-27-12-9-13-28-69)97-63-75(111-94-53-44-71(105(2,3)4)60-84(94)85-61-72(106(5,6)7)45-54-95(85)111)49-51-88(97)107(103)87-50-48-74(110-90-37-20-17-32-79(90)83-57-66(64-108)41-52-93(83)110)62-96(87)109(99)73-46-42-68(43-47-73)67-25-10-8-11-26-67/h8-63H,1-7H3/i1D3,15D,16D,21D,22D,30D,31D,38D,39D. The Hall–Kier alpha value is -13.7. The fourth-order valence-electron chi connectivity index (χ4n) is 18.4. The van der Waals surface area contributed by atoms with Crippen LogP contribution in [-0.2, 0) is 10.8 Å². The Morgan fingerprint density at radius 3 is 1.53 bits per heavy atom. The van der Waals surface area contributed by atoms with Crippen LogP contribution >= 0.6 is 11.3 Å². The van der Waals surface area contributed by atoms with Gasteiger partial charge in [-0.15, -0.1) is 11.3 Å². The van der Waals surface area contributed by atoms with Gasteiger partial charge in [-0.2, -0.15) is 5.26 Å². The molecule has 0 bridgehead atoms. The Morgan fingerprint density at radius 2 is 0.877 bits per heavy atom. The summed E-state index contributed by atoms with van der Waals surface area (Å²) in [4.78, 5) is 4.75. The second-order valence-electron chi connectivity index (χ2n) is 32.3. The Bertz CT molecular complexity index is 7980. The highest BCUT2D eigenvalue weighted by atomic mass is 32.1. The quantitative estimate of drug-likeness (QED) is 0.135. The minimum absolute atomic E-state index is 0.0824. The number of rotatable bonds is 9. The lowest BCUT2D eigenvalue weighted by molar-refractivity contribution is 0.590. The van der Waals surface area contributed by atoms with Gasteiger partial charge in [0, 0.05) is 113 Å². The molecule has 0 aliphatic carbocycles. The second-order valence-corrected chi connectivity index (χ2v) is 33.3. The first-order valence-electron chi connectivity index (χ1n) is 44.2. The minimum atomic E-state index is -2.87. The highest BCUT2D eigenvalue weighted by Crippen LogP contribution is 2.54. The van der Waals surface area contributed by atoms with E-state index >= 15 is 0 Å². The Morgan fingerprint density at radius 1 is 0.351 bits per heavy atom. The van der Waals surface area contributed by atoms with Crippen molar-refractivity contribution in [3.05, 3.63) is 362 Å². The van der Waals surface area contributed by atoms with E-state index in [-0.39, 0.29) is 43.9 Å². The van der Waals surface area contributed by atoms with Crippen molar-refractivity contribution in [2.75, 3.05) is 9.80 Å². The molecule has 0 saturated carbocycles. The van der Waals surface area contributed by atoms with Crippen LogP contribution in [0.4, 0.5) is 34.1 Å². The molecule has 4 aromatic heterocycles. The zero-order valence-electron chi connectivity index (χ0n) is 74.4. The molecule has 6 nitrogen and oxygen atoms in total. The molecule has 0 unspecified atom stereocenters. The number of aromatic nitrogens is 3. The SMILES string of the molecule is [2H]c1c([2H])c([2H])c2c(c1[2H])c1c([2H])c([2H])c([2H])c([2H])c1n2-c1cc(C([2H])([2H])[2H])cc(-c2cccc3c2sc2ccccc23)c1-c1cc2c3c(c1)N(c1ccccc1-c1ccccc1)c1cc(-n4c5ccc(C(C)(C)C)cc5c5cc(C(C)(C)C)ccc54)ccc1B3c1ccc(-n3c4ccccc4c4cc(C#N)ccc43)cc1N2c1ccc(-c2ccccc2)cc1. The van der Waals surface area contributed by atoms with Crippen molar-refractivity contribution in [3.8, 4) is 67.6 Å². The predicted molar refractivity (Wildman–Crippen MR) is 485 cm³/mol. The van der Waals surface area contributed by atoms with Gasteiger partial charge in [0.25, 0.3) is 6.71 Å². The van der Waals surface area contributed by atoms with Crippen molar-refractivity contribution in [1.82, 2.24) is 13.7 Å². The second kappa shape index (κ2) is 25.4. The minimum Gasteiger partial charge on any atom is -0.311 e. The average Bonchev–Trinajstić information content (AvgIpc) is 1.66. The number of nitrogens with zero attached hydrogens (tertiary/aromatic N) is 6. The normalized spacial score (nSPS) is 14.3. The van der Waals surface area contributed by atoms with Gasteiger partial charge in [-0.25, -0.2) is 0 Å². The lowest BCUT2D eigenvalue weighted by Crippen LogP contribution is -2.61. The molecule has 20 aromatic rings. The van der Waals surface area contributed by atoms with Gasteiger partial charge < -0.3 is 23.5 Å². The van der Waals surface area contributed by atoms with E-state index in [1.54, 1.807) is 23.5 Å². The number of thiophene rings is 1. The molecule has 16 aromatic carbocycles. The molecule has 8 heteroatoms. The van der Waals surface area contributed by atoms with Crippen LogP contribution in [0, 0.1) is 18.2 Å². The number of anilines is 6. The summed E-state index contributed by atoms with van der Waals surface area (Å²) in [5, 5.41) is 16.2. The molecule has 2 aliphatic heterocycles. The molecule has 114 heavy (non-hydrogen) atoms. The predicted octanol–water partition coefficient (Wildman–Crippen LogP) is 26.9.